The molecule has 0 spiro atoms. The molecule has 102 valence electrons. The van der Waals surface area contributed by atoms with E-state index in [0.29, 0.717) is 18.5 Å². The van der Waals surface area contributed by atoms with E-state index in [9.17, 15) is 0 Å². The Balaban J connectivity index is 2.07. The zero-order chi connectivity index (χ0) is 13.8. The number of H-pyrrole nitrogens is 1. The topological polar surface area (TPSA) is 79.1 Å². The molecular weight excluding hydrogens is 238 g/mol. The van der Waals surface area contributed by atoms with Gasteiger partial charge in [-0.25, -0.2) is 9.98 Å². The van der Waals surface area contributed by atoms with Crippen molar-refractivity contribution in [3.63, 3.8) is 0 Å². The highest BCUT2D eigenvalue weighted by atomic mass is 15.1. The minimum Gasteiger partial charge on any atom is -0.370 e. The van der Waals surface area contributed by atoms with Gasteiger partial charge >= 0.3 is 0 Å². The molecule has 0 aliphatic carbocycles. The lowest BCUT2D eigenvalue weighted by atomic mass is 10.2. The molecule has 19 heavy (non-hydrogen) atoms. The van der Waals surface area contributed by atoms with Gasteiger partial charge in [0.1, 0.15) is 12.4 Å². The summed E-state index contributed by atoms with van der Waals surface area (Å²) in [6.07, 6.45) is 1.01. The lowest BCUT2D eigenvalue weighted by Crippen LogP contribution is -2.38. The number of fused-ring (bicyclic) bond motifs is 1. The number of nitrogens with one attached hydrogen (secondary N) is 2. The molecule has 2 rings (SSSR count). The third-order valence-corrected chi connectivity index (χ3v) is 3.09. The molecule has 0 bridgehead atoms. The monoisotopic (exact) mass is 259 g/mol. The Morgan fingerprint density at radius 3 is 3.05 bits per heavy atom. The quantitative estimate of drug-likeness (QED) is 0.581. The van der Waals surface area contributed by atoms with Crippen LogP contribution in [0.4, 0.5) is 0 Å². The molecule has 0 aliphatic heterocycles. The first-order chi connectivity index (χ1) is 9.08. The minimum atomic E-state index is 0.335. The van der Waals surface area contributed by atoms with Crippen molar-refractivity contribution in [2.45, 2.75) is 39.8 Å². The van der Waals surface area contributed by atoms with E-state index in [4.69, 9.17) is 5.73 Å². The summed E-state index contributed by atoms with van der Waals surface area (Å²) < 4.78 is 0. The number of nitrogens with two attached hydrogens (primary N) is 1. The highest BCUT2D eigenvalue weighted by molar-refractivity contribution is 5.78. The van der Waals surface area contributed by atoms with Crippen LogP contribution in [0, 0.1) is 6.92 Å². The highest BCUT2D eigenvalue weighted by Crippen LogP contribution is 2.13. The smallest absolute Gasteiger partial charge is 0.189 e. The fourth-order valence-electron chi connectivity index (χ4n) is 1.81. The molecule has 4 N–H and O–H groups in total. The van der Waals surface area contributed by atoms with Crippen molar-refractivity contribution in [3.05, 3.63) is 29.6 Å². The molecule has 5 nitrogen and oxygen atoms in total. The molecule has 2 aromatic rings. The SMILES string of the molecule is CCC(C)NC(N)=NCc1nc2ccc(C)cc2[nH]1. The summed E-state index contributed by atoms with van der Waals surface area (Å²) in [6, 6.07) is 6.47. The molecule has 1 atom stereocenters. The van der Waals surface area contributed by atoms with Crippen LogP contribution in [0.1, 0.15) is 31.7 Å². The summed E-state index contributed by atoms with van der Waals surface area (Å²) >= 11 is 0. The maximum atomic E-state index is 5.81. The van der Waals surface area contributed by atoms with Crippen LogP contribution in [0.2, 0.25) is 0 Å². The first-order valence-corrected chi connectivity index (χ1v) is 6.60. The second-order valence-corrected chi connectivity index (χ2v) is 4.86. The second-order valence-electron chi connectivity index (χ2n) is 4.86. The van der Waals surface area contributed by atoms with Crippen molar-refractivity contribution in [1.29, 1.82) is 0 Å². The number of imidazole rings is 1. The average Bonchev–Trinajstić information content (AvgIpc) is 2.78. The summed E-state index contributed by atoms with van der Waals surface area (Å²) in [4.78, 5) is 12.0. The molecule has 0 fully saturated rings. The van der Waals surface area contributed by atoms with Crippen LogP contribution in [0.25, 0.3) is 11.0 Å². The minimum absolute atomic E-state index is 0.335. The Morgan fingerprint density at radius 2 is 2.32 bits per heavy atom. The van der Waals surface area contributed by atoms with Gasteiger partial charge in [0.2, 0.25) is 0 Å². The van der Waals surface area contributed by atoms with E-state index in [0.717, 1.165) is 23.3 Å². The molecular formula is C14H21N5. The Bertz CT molecular complexity index is 585. The van der Waals surface area contributed by atoms with Gasteiger partial charge < -0.3 is 16.0 Å². The number of nitrogens with zero attached hydrogens (tertiary/aromatic N) is 2. The summed E-state index contributed by atoms with van der Waals surface area (Å²) in [5, 5.41) is 3.13. The van der Waals surface area contributed by atoms with Crippen molar-refractivity contribution < 1.29 is 0 Å². The van der Waals surface area contributed by atoms with E-state index in [1.807, 2.05) is 6.07 Å². The molecule has 0 amide bonds. The normalized spacial score (nSPS) is 13.7. The molecule has 0 saturated heterocycles. The van der Waals surface area contributed by atoms with E-state index in [2.05, 4.69) is 53.2 Å². The van der Waals surface area contributed by atoms with Crippen molar-refractivity contribution in [3.8, 4) is 0 Å². The van der Waals surface area contributed by atoms with E-state index in [1.165, 1.54) is 5.56 Å². The van der Waals surface area contributed by atoms with E-state index in [-0.39, 0.29) is 0 Å². The van der Waals surface area contributed by atoms with Crippen LogP contribution in [-0.4, -0.2) is 22.0 Å². The first kappa shape index (κ1) is 13.4. The van der Waals surface area contributed by atoms with Crippen molar-refractivity contribution in [1.82, 2.24) is 15.3 Å². The molecule has 0 aliphatic rings. The number of rotatable bonds is 4. The first-order valence-electron chi connectivity index (χ1n) is 6.60. The zero-order valence-electron chi connectivity index (χ0n) is 11.7. The average molecular weight is 259 g/mol. The van der Waals surface area contributed by atoms with Crippen LogP contribution in [0.5, 0.6) is 0 Å². The highest BCUT2D eigenvalue weighted by Gasteiger charge is 2.03. The summed E-state index contributed by atoms with van der Waals surface area (Å²) in [7, 11) is 0. The fourth-order valence-corrected chi connectivity index (χ4v) is 1.81. The van der Waals surface area contributed by atoms with Gasteiger partial charge in [-0.15, -0.1) is 0 Å². The second kappa shape index (κ2) is 5.73. The number of aromatic amines is 1. The number of benzene rings is 1. The Kier molecular flexibility index (Phi) is 4.04. The third kappa shape index (κ3) is 3.47. The van der Waals surface area contributed by atoms with Crippen LogP contribution in [-0.2, 0) is 6.54 Å². The van der Waals surface area contributed by atoms with E-state index < -0.39 is 0 Å². The molecule has 1 aromatic carbocycles. The number of aryl methyl sites for hydroxylation is 1. The van der Waals surface area contributed by atoms with Crippen molar-refractivity contribution >= 4 is 17.0 Å². The standard InChI is InChI=1S/C14H21N5/c1-4-10(3)17-14(15)16-8-13-18-11-6-5-9(2)7-12(11)19-13/h5-7,10H,4,8H2,1-3H3,(H,18,19)(H3,15,16,17). The number of guanidine groups is 1. The lowest BCUT2D eigenvalue weighted by Gasteiger charge is -2.11. The number of aliphatic imine (C=N–C) groups is 1. The largest absolute Gasteiger partial charge is 0.370 e. The van der Waals surface area contributed by atoms with Gasteiger partial charge in [-0.2, -0.15) is 0 Å². The molecule has 5 heteroatoms. The fraction of sp³-hybridized carbons (Fsp3) is 0.429. The maximum absolute atomic E-state index is 5.81. The summed E-state index contributed by atoms with van der Waals surface area (Å²) in [6.45, 7) is 6.70. The predicted molar refractivity (Wildman–Crippen MR) is 79.0 cm³/mol. The van der Waals surface area contributed by atoms with Gasteiger partial charge in [-0.1, -0.05) is 13.0 Å². The van der Waals surface area contributed by atoms with E-state index >= 15 is 0 Å². The van der Waals surface area contributed by atoms with Crippen molar-refractivity contribution in [2.75, 3.05) is 0 Å². The summed E-state index contributed by atoms with van der Waals surface area (Å²) in [5.74, 6) is 1.29. The van der Waals surface area contributed by atoms with Gasteiger partial charge in [0.15, 0.2) is 5.96 Å². The molecule has 0 radical (unpaired) electrons. The van der Waals surface area contributed by atoms with Gasteiger partial charge in [0.05, 0.1) is 11.0 Å². The van der Waals surface area contributed by atoms with Crippen LogP contribution < -0.4 is 11.1 Å². The zero-order valence-corrected chi connectivity index (χ0v) is 11.7. The van der Waals surface area contributed by atoms with Crippen LogP contribution in [0.3, 0.4) is 0 Å². The molecule has 1 aromatic heterocycles. The Labute approximate surface area is 113 Å². The maximum Gasteiger partial charge on any atom is 0.189 e. The molecule has 1 unspecified atom stereocenters. The number of aromatic nitrogens is 2. The van der Waals surface area contributed by atoms with Crippen molar-refractivity contribution in [2.24, 2.45) is 10.7 Å². The lowest BCUT2D eigenvalue weighted by molar-refractivity contribution is 0.636. The van der Waals surface area contributed by atoms with Crippen LogP contribution in [0.15, 0.2) is 23.2 Å². The molecule has 0 saturated carbocycles. The molecule has 1 heterocycles. The van der Waals surface area contributed by atoms with E-state index in [1.54, 1.807) is 0 Å². The predicted octanol–water partition coefficient (Wildman–Crippen LogP) is 2.07. The summed E-state index contributed by atoms with van der Waals surface area (Å²) in [5.41, 5.74) is 9.03. The number of hydrogen-bond donors (Lipinski definition) is 3. The number of hydrogen-bond acceptors (Lipinski definition) is 2. The Morgan fingerprint density at radius 1 is 1.53 bits per heavy atom. The Hall–Kier alpha value is -2.04. The van der Waals surface area contributed by atoms with Gasteiger partial charge in [-0.3, -0.25) is 0 Å². The van der Waals surface area contributed by atoms with Gasteiger partial charge in [-0.05, 0) is 38.0 Å². The van der Waals surface area contributed by atoms with Gasteiger partial charge in [0.25, 0.3) is 0 Å². The van der Waals surface area contributed by atoms with Crippen LogP contribution >= 0.6 is 0 Å². The third-order valence-electron chi connectivity index (χ3n) is 3.09. The van der Waals surface area contributed by atoms with Gasteiger partial charge in [0, 0.05) is 6.04 Å².